The molecule has 0 N–H and O–H groups in total. The first-order valence-corrected chi connectivity index (χ1v) is 6.99. The Hall–Kier alpha value is -0.530. The van der Waals surface area contributed by atoms with Gasteiger partial charge in [0, 0.05) is 10.7 Å². The van der Waals surface area contributed by atoms with Crippen molar-refractivity contribution >= 4 is 42.3 Å². The predicted molar refractivity (Wildman–Crippen MR) is 59.7 cm³/mol. The van der Waals surface area contributed by atoms with Crippen LogP contribution >= 0.6 is 33.3 Å². The molecule has 0 spiro atoms. The van der Waals surface area contributed by atoms with Crippen LogP contribution in [0.15, 0.2) is 11.0 Å². The van der Waals surface area contributed by atoms with Crippen LogP contribution in [0.5, 0.6) is 0 Å². The molecule has 0 radical (unpaired) electrons. The molecule has 0 amide bonds. The zero-order chi connectivity index (χ0) is 12.5. The van der Waals surface area contributed by atoms with Gasteiger partial charge >= 0.3 is 0 Å². The highest BCUT2D eigenvalue weighted by atomic mass is 127. The molecule has 1 rings (SSSR count). The van der Waals surface area contributed by atoms with Crippen molar-refractivity contribution in [2.75, 3.05) is 0 Å². The monoisotopic (exact) mass is 378 g/mol. The van der Waals surface area contributed by atoms with E-state index in [-0.39, 0.29) is 9.26 Å². The zero-order valence-corrected chi connectivity index (χ0v) is 11.0. The average Bonchev–Trinajstić information content (AvgIpc) is 2.15. The van der Waals surface area contributed by atoms with Gasteiger partial charge in [-0.3, -0.25) is 0 Å². The number of nitrogens with zero attached hydrogens (tertiary/aromatic N) is 2. The summed E-state index contributed by atoms with van der Waals surface area (Å²) in [5.74, 6) is 0. The first-order chi connectivity index (χ1) is 7.27. The van der Waals surface area contributed by atoms with Crippen LogP contribution in [0.3, 0.4) is 0 Å². The highest BCUT2D eigenvalue weighted by molar-refractivity contribution is 14.1. The molecule has 1 heterocycles. The molecule has 0 atom stereocenters. The van der Waals surface area contributed by atoms with Gasteiger partial charge in [0.1, 0.15) is 20.4 Å². The van der Waals surface area contributed by atoms with Gasteiger partial charge in [0.2, 0.25) is 0 Å². The molecule has 0 aliphatic heterocycles. The maximum absolute atomic E-state index is 12.5. The molecule has 16 heavy (non-hydrogen) atoms. The van der Waals surface area contributed by atoms with Gasteiger partial charge in [0.05, 0.1) is 5.56 Å². The van der Waals surface area contributed by atoms with Crippen molar-refractivity contribution < 1.29 is 17.2 Å². The Morgan fingerprint density at radius 2 is 2.12 bits per heavy atom. The van der Waals surface area contributed by atoms with E-state index < -0.39 is 26.1 Å². The van der Waals surface area contributed by atoms with E-state index in [0.717, 1.165) is 6.07 Å². The van der Waals surface area contributed by atoms with Gasteiger partial charge in [0.15, 0.2) is 0 Å². The summed E-state index contributed by atoms with van der Waals surface area (Å²) in [5, 5.41) is 8.62. The molecular weight excluding hydrogens is 377 g/mol. The van der Waals surface area contributed by atoms with E-state index in [1.54, 1.807) is 28.7 Å². The number of halogens is 4. The van der Waals surface area contributed by atoms with E-state index in [0.29, 0.717) is 0 Å². The number of nitriles is 1. The summed E-state index contributed by atoms with van der Waals surface area (Å²) >= 11 is 1.56. The van der Waals surface area contributed by atoms with Crippen LogP contribution in [-0.4, -0.2) is 13.4 Å². The molecule has 0 saturated heterocycles. The fraction of sp³-hybridized carbons (Fsp3) is 0.143. The van der Waals surface area contributed by atoms with Crippen molar-refractivity contribution in [3.05, 3.63) is 21.0 Å². The average molecular weight is 379 g/mol. The number of hydrogen-bond acceptors (Lipinski definition) is 4. The van der Waals surface area contributed by atoms with E-state index in [2.05, 4.69) is 4.98 Å². The standard InChI is InChI=1S/C7H2ClF2IN2O2S/c8-16(14,15)4-1-3(2-12)7(11)13-5(4)6(9)10/h1,6H. The fourth-order valence-electron chi connectivity index (χ4n) is 0.916. The van der Waals surface area contributed by atoms with Gasteiger partial charge < -0.3 is 0 Å². The number of rotatable bonds is 2. The van der Waals surface area contributed by atoms with E-state index >= 15 is 0 Å². The van der Waals surface area contributed by atoms with Crippen LogP contribution in [-0.2, 0) is 9.05 Å². The summed E-state index contributed by atoms with van der Waals surface area (Å²) in [6.07, 6.45) is -3.08. The highest BCUT2D eigenvalue weighted by Gasteiger charge is 2.25. The third kappa shape index (κ3) is 2.78. The van der Waals surface area contributed by atoms with Gasteiger partial charge in [-0.25, -0.2) is 22.2 Å². The minimum atomic E-state index is -4.35. The van der Waals surface area contributed by atoms with Crippen molar-refractivity contribution in [1.29, 1.82) is 5.26 Å². The zero-order valence-electron chi connectivity index (χ0n) is 7.29. The van der Waals surface area contributed by atoms with Gasteiger partial charge in [-0.2, -0.15) is 5.26 Å². The summed E-state index contributed by atoms with van der Waals surface area (Å²) in [6, 6.07) is 2.43. The van der Waals surface area contributed by atoms with Gasteiger partial charge in [-0.1, -0.05) is 0 Å². The molecule has 0 aliphatic rings. The lowest BCUT2D eigenvalue weighted by atomic mass is 10.3. The lowest BCUT2D eigenvalue weighted by molar-refractivity contribution is 0.142. The predicted octanol–water partition coefficient (Wildman–Crippen LogP) is 2.42. The van der Waals surface area contributed by atoms with E-state index in [9.17, 15) is 17.2 Å². The molecule has 9 heteroatoms. The molecule has 1 aromatic rings. The van der Waals surface area contributed by atoms with Gasteiger partial charge in [0.25, 0.3) is 15.5 Å². The molecule has 0 aromatic carbocycles. The smallest absolute Gasteiger partial charge is 0.238 e. The third-order valence-electron chi connectivity index (χ3n) is 1.56. The Labute approximate surface area is 108 Å². The number of hydrogen-bond donors (Lipinski definition) is 0. The van der Waals surface area contributed by atoms with Crippen molar-refractivity contribution in [3.63, 3.8) is 0 Å². The molecule has 1 aromatic heterocycles. The SMILES string of the molecule is N#Cc1cc(S(=O)(=O)Cl)c(C(F)F)nc1I. The molecule has 0 saturated carbocycles. The van der Waals surface area contributed by atoms with Crippen LogP contribution in [0.25, 0.3) is 0 Å². The number of aromatic nitrogens is 1. The lowest BCUT2D eigenvalue weighted by Gasteiger charge is -2.06. The lowest BCUT2D eigenvalue weighted by Crippen LogP contribution is -2.05. The topological polar surface area (TPSA) is 70.8 Å². The first-order valence-electron chi connectivity index (χ1n) is 3.60. The molecule has 0 bridgehead atoms. The summed E-state index contributed by atoms with van der Waals surface area (Å²) in [6.45, 7) is 0. The third-order valence-corrected chi connectivity index (χ3v) is 3.73. The summed E-state index contributed by atoms with van der Waals surface area (Å²) in [5.41, 5.74) is -1.07. The van der Waals surface area contributed by atoms with Gasteiger partial charge in [-0.15, -0.1) is 0 Å². The maximum Gasteiger partial charge on any atom is 0.281 e. The Bertz CT molecular complexity index is 570. The van der Waals surface area contributed by atoms with Crippen molar-refractivity contribution in [1.82, 2.24) is 4.98 Å². The van der Waals surface area contributed by atoms with Crippen molar-refractivity contribution in [2.45, 2.75) is 11.3 Å². The first kappa shape index (κ1) is 13.5. The summed E-state index contributed by atoms with van der Waals surface area (Å²) < 4.78 is 47.0. The molecule has 86 valence electrons. The normalized spacial score (nSPS) is 11.5. The number of alkyl halides is 2. The second kappa shape index (κ2) is 4.77. The van der Waals surface area contributed by atoms with Crippen molar-refractivity contribution in [2.24, 2.45) is 0 Å². The quantitative estimate of drug-likeness (QED) is 0.450. The van der Waals surface area contributed by atoms with Crippen LogP contribution in [0.1, 0.15) is 17.7 Å². The fourth-order valence-corrected chi connectivity index (χ4v) is 2.47. The van der Waals surface area contributed by atoms with Crippen molar-refractivity contribution in [3.8, 4) is 6.07 Å². The Kier molecular flexibility index (Phi) is 4.03. The molecule has 0 fully saturated rings. The van der Waals surface area contributed by atoms with Crippen LogP contribution < -0.4 is 0 Å². The molecule has 0 aliphatic carbocycles. The Morgan fingerprint density at radius 1 is 1.56 bits per heavy atom. The summed E-state index contributed by atoms with van der Waals surface area (Å²) in [4.78, 5) is 2.53. The second-order valence-electron chi connectivity index (χ2n) is 2.56. The Balaban J connectivity index is 3.64. The Morgan fingerprint density at radius 3 is 2.50 bits per heavy atom. The maximum atomic E-state index is 12.5. The minimum Gasteiger partial charge on any atom is -0.238 e. The van der Waals surface area contributed by atoms with E-state index in [4.69, 9.17) is 15.9 Å². The molecular formula is C7H2ClF2IN2O2S. The largest absolute Gasteiger partial charge is 0.281 e. The minimum absolute atomic E-state index is 0.000494. The van der Waals surface area contributed by atoms with Crippen LogP contribution in [0.4, 0.5) is 8.78 Å². The second-order valence-corrected chi connectivity index (χ2v) is 6.12. The number of pyridine rings is 1. The van der Waals surface area contributed by atoms with Crippen LogP contribution in [0, 0.1) is 15.0 Å². The highest BCUT2D eigenvalue weighted by Crippen LogP contribution is 2.29. The van der Waals surface area contributed by atoms with E-state index in [1.165, 1.54) is 0 Å². The molecule has 0 unspecified atom stereocenters. The van der Waals surface area contributed by atoms with E-state index in [1.807, 2.05) is 0 Å². The molecule has 4 nitrogen and oxygen atoms in total. The van der Waals surface area contributed by atoms with Crippen LogP contribution in [0.2, 0.25) is 0 Å². The van der Waals surface area contributed by atoms with Gasteiger partial charge in [-0.05, 0) is 28.7 Å². The summed E-state index contributed by atoms with van der Waals surface area (Å²) in [7, 11) is 0.624.